The molecule has 4 rings (SSSR count). The van der Waals surface area contributed by atoms with Gasteiger partial charge in [-0.05, 0) is 63.7 Å². The fourth-order valence-electron chi connectivity index (χ4n) is 5.76. The highest BCUT2D eigenvalue weighted by atomic mass is 16.5. The Morgan fingerprint density at radius 3 is 2.53 bits per heavy atom. The second-order valence-electron chi connectivity index (χ2n) is 11.7. The molecule has 32 heavy (non-hydrogen) atoms. The number of ether oxygens (including phenoxy) is 1. The van der Waals surface area contributed by atoms with E-state index in [0.29, 0.717) is 25.5 Å². The van der Waals surface area contributed by atoms with E-state index in [-0.39, 0.29) is 59.0 Å². The summed E-state index contributed by atoms with van der Waals surface area (Å²) in [5.74, 6) is -0.330. The van der Waals surface area contributed by atoms with Crippen molar-refractivity contribution in [1.82, 2.24) is 15.5 Å². The third-order valence-corrected chi connectivity index (χ3v) is 8.10. The van der Waals surface area contributed by atoms with Gasteiger partial charge in [0, 0.05) is 18.0 Å². The van der Waals surface area contributed by atoms with Crippen LogP contribution in [0.2, 0.25) is 0 Å². The van der Waals surface area contributed by atoms with Crippen molar-refractivity contribution < 1.29 is 19.1 Å². The van der Waals surface area contributed by atoms with Crippen molar-refractivity contribution in [2.24, 2.45) is 23.2 Å². The largest absolute Gasteiger partial charge is 0.375 e. The van der Waals surface area contributed by atoms with Crippen molar-refractivity contribution in [2.45, 2.75) is 89.9 Å². The van der Waals surface area contributed by atoms with E-state index in [9.17, 15) is 19.6 Å². The lowest BCUT2D eigenvalue weighted by Crippen LogP contribution is -2.52. The molecular formula is C24H36N4O4. The van der Waals surface area contributed by atoms with Gasteiger partial charge in [0.25, 0.3) is 0 Å². The number of nitrogens with zero attached hydrogens (tertiary/aromatic N) is 2. The van der Waals surface area contributed by atoms with E-state index in [2.05, 4.69) is 37.5 Å². The SMILES string of the molecule is CC1(C)CC(CC(C#N)NC(=O)C2C3C(CN2C(=O)CCOC2(C)CC2)C3(C)C)C(=O)N1. The highest BCUT2D eigenvalue weighted by Crippen LogP contribution is 2.64. The van der Waals surface area contributed by atoms with Crippen LogP contribution < -0.4 is 10.6 Å². The highest BCUT2D eigenvalue weighted by Gasteiger charge is 2.69. The lowest BCUT2D eigenvalue weighted by atomic mass is 9.91. The van der Waals surface area contributed by atoms with Gasteiger partial charge >= 0.3 is 0 Å². The van der Waals surface area contributed by atoms with Gasteiger partial charge in [0.1, 0.15) is 12.1 Å². The Morgan fingerprint density at radius 1 is 1.28 bits per heavy atom. The minimum absolute atomic E-state index is 0.00821. The number of nitriles is 1. The predicted octanol–water partition coefficient (Wildman–Crippen LogP) is 1.74. The third kappa shape index (κ3) is 4.36. The molecule has 5 atom stereocenters. The molecule has 2 saturated carbocycles. The molecule has 2 N–H and O–H groups in total. The molecule has 4 aliphatic rings. The summed E-state index contributed by atoms with van der Waals surface area (Å²) in [6, 6.07) is 0.820. The average Bonchev–Trinajstić information content (AvgIpc) is 3.40. The van der Waals surface area contributed by atoms with Crippen LogP contribution >= 0.6 is 0 Å². The van der Waals surface area contributed by atoms with Gasteiger partial charge in [-0.3, -0.25) is 14.4 Å². The van der Waals surface area contributed by atoms with Crippen LogP contribution in [-0.2, 0) is 19.1 Å². The number of piperidine rings is 1. The van der Waals surface area contributed by atoms with E-state index in [0.717, 1.165) is 12.8 Å². The first-order valence-electron chi connectivity index (χ1n) is 11.8. The zero-order valence-electron chi connectivity index (χ0n) is 19.9. The van der Waals surface area contributed by atoms with E-state index in [1.54, 1.807) is 4.90 Å². The summed E-state index contributed by atoms with van der Waals surface area (Å²) in [6.07, 6.45) is 3.23. The van der Waals surface area contributed by atoms with Gasteiger partial charge in [0.2, 0.25) is 17.7 Å². The Kier molecular flexibility index (Phi) is 5.56. The van der Waals surface area contributed by atoms with Crippen LogP contribution in [0.3, 0.4) is 0 Å². The van der Waals surface area contributed by atoms with Crippen LogP contribution in [-0.4, -0.2) is 59.0 Å². The summed E-state index contributed by atoms with van der Waals surface area (Å²) in [6.45, 7) is 11.2. The fraction of sp³-hybridized carbons (Fsp3) is 0.833. The number of rotatable bonds is 8. The molecule has 0 spiro atoms. The summed E-state index contributed by atoms with van der Waals surface area (Å²) in [5, 5.41) is 15.4. The molecule has 2 heterocycles. The maximum atomic E-state index is 13.3. The molecule has 4 fully saturated rings. The molecule has 8 heteroatoms. The molecule has 8 nitrogen and oxygen atoms in total. The number of carbonyl (C=O) groups is 3. The molecule has 2 aliphatic heterocycles. The molecule has 2 aliphatic carbocycles. The van der Waals surface area contributed by atoms with E-state index in [1.165, 1.54) is 0 Å². The Bertz CT molecular complexity index is 857. The van der Waals surface area contributed by atoms with Crippen molar-refractivity contribution in [3.8, 4) is 6.07 Å². The number of carbonyl (C=O) groups excluding carboxylic acids is 3. The molecule has 176 valence electrons. The van der Waals surface area contributed by atoms with Gasteiger partial charge in [-0.1, -0.05) is 13.8 Å². The molecule has 0 radical (unpaired) electrons. The fourth-order valence-corrected chi connectivity index (χ4v) is 5.76. The van der Waals surface area contributed by atoms with Gasteiger partial charge in [-0.15, -0.1) is 0 Å². The Morgan fingerprint density at radius 2 is 1.97 bits per heavy atom. The van der Waals surface area contributed by atoms with Gasteiger partial charge in [-0.2, -0.15) is 5.26 Å². The Labute approximate surface area is 190 Å². The quantitative estimate of drug-likeness (QED) is 0.592. The third-order valence-electron chi connectivity index (χ3n) is 8.10. The molecule has 3 amide bonds. The zero-order chi connectivity index (χ0) is 23.5. The number of hydrogen-bond donors (Lipinski definition) is 2. The number of nitrogens with one attached hydrogen (secondary N) is 2. The van der Waals surface area contributed by atoms with Gasteiger partial charge in [-0.25, -0.2) is 0 Å². The molecule has 0 aromatic heterocycles. The number of likely N-dealkylation sites (tertiary alicyclic amines) is 1. The molecule has 0 bridgehead atoms. The smallest absolute Gasteiger partial charge is 0.244 e. The first-order chi connectivity index (χ1) is 14.9. The summed E-state index contributed by atoms with van der Waals surface area (Å²) in [5.41, 5.74) is -0.368. The van der Waals surface area contributed by atoms with Crippen LogP contribution in [0.1, 0.15) is 66.7 Å². The monoisotopic (exact) mass is 444 g/mol. The number of hydrogen-bond acceptors (Lipinski definition) is 5. The Hall–Kier alpha value is -2.14. The van der Waals surface area contributed by atoms with Gasteiger partial charge in [0.05, 0.1) is 24.7 Å². The zero-order valence-corrected chi connectivity index (χ0v) is 19.9. The predicted molar refractivity (Wildman–Crippen MR) is 117 cm³/mol. The normalized spacial score (nSPS) is 33.6. The second-order valence-corrected chi connectivity index (χ2v) is 11.7. The lowest BCUT2D eigenvalue weighted by Gasteiger charge is -2.31. The van der Waals surface area contributed by atoms with E-state index >= 15 is 0 Å². The maximum Gasteiger partial charge on any atom is 0.244 e. The van der Waals surface area contributed by atoms with E-state index in [4.69, 9.17) is 4.74 Å². The highest BCUT2D eigenvalue weighted by molar-refractivity contribution is 5.90. The number of amides is 3. The standard InChI is InChI=1S/C24H36N4O4/c1-22(2)11-14(20(30)27-22)10-15(12-25)26-21(31)19-18-16(23(18,3)4)13-28(19)17(29)6-9-32-24(5)7-8-24/h14-16,18-19H,6-11,13H2,1-5H3,(H,26,31)(H,27,30). The summed E-state index contributed by atoms with van der Waals surface area (Å²) >= 11 is 0. The first-order valence-corrected chi connectivity index (χ1v) is 11.8. The van der Waals surface area contributed by atoms with Crippen LogP contribution in [0, 0.1) is 34.5 Å². The molecular weight excluding hydrogens is 408 g/mol. The van der Waals surface area contributed by atoms with E-state index in [1.807, 2.05) is 13.8 Å². The topological polar surface area (TPSA) is 112 Å². The van der Waals surface area contributed by atoms with Gasteiger partial charge < -0.3 is 20.3 Å². The van der Waals surface area contributed by atoms with Crippen LogP contribution in [0.15, 0.2) is 0 Å². The molecule has 0 aromatic carbocycles. The van der Waals surface area contributed by atoms with Crippen molar-refractivity contribution in [3.05, 3.63) is 0 Å². The average molecular weight is 445 g/mol. The van der Waals surface area contributed by atoms with Crippen LogP contribution in [0.25, 0.3) is 0 Å². The summed E-state index contributed by atoms with van der Waals surface area (Å²) < 4.78 is 5.80. The second kappa shape index (κ2) is 7.72. The maximum absolute atomic E-state index is 13.3. The van der Waals surface area contributed by atoms with Crippen LogP contribution in [0.4, 0.5) is 0 Å². The number of fused-ring (bicyclic) bond motifs is 1. The molecule has 5 unspecified atom stereocenters. The van der Waals surface area contributed by atoms with E-state index < -0.39 is 12.1 Å². The summed E-state index contributed by atoms with van der Waals surface area (Å²) in [4.78, 5) is 40.2. The van der Waals surface area contributed by atoms with Crippen molar-refractivity contribution in [1.29, 1.82) is 5.26 Å². The lowest BCUT2D eigenvalue weighted by molar-refractivity contribution is -0.141. The first kappa shape index (κ1) is 23.0. The molecule has 2 saturated heterocycles. The van der Waals surface area contributed by atoms with Crippen molar-refractivity contribution in [2.75, 3.05) is 13.2 Å². The van der Waals surface area contributed by atoms with Crippen LogP contribution in [0.5, 0.6) is 0 Å². The summed E-state index contributed by atoms with van der Waals surface area (Å²) in [7, 11) is 0. The minimum Gasteiger partial charge on any atom is -0.375 e. The molecule has 0 aromatic rings. The van der Waals surface area contributed by atoms with Gasteiger partial charge in [0.15, 0.2) is 0 Å². The Balaban J connectivity index is 1.38. The van der Waals surface area contributed by atoms with Crippen molar-refractivity contribution >= 4 is 17.7 Å². The minimum atomic E-state index is -0.761. The van der Waals surface area contributed by atoms with Crippen molar-refractivity contribution in [3.63, 3.8) is 0 Å².